The lowest BCUT2D eigenvalue weighted by Gasteiger charge is -2.23. The fourth-order valence-corrected chi connectivity index (χ4v) is 3.61. The van der Waals surface area contributed by atoms with E-state index in [2.05, 4.69) is 40.3 Å². The van der Waals surface area contributed by atoms with Gasteiger partial charge in [-0.05, 0) is 28.8 Å². The lowest BCUT2D eigenvalue weighted by atomic mass is 10.1. The van der Waals surface area contributed by atoms with Crippen LogP contribution in [0.1, 0.15) is 12.0 Å². The van der Waals surface area contributed by atoms with Crippen molar-refractivity contribution in [1.29, 1.82) is 0 Å². The highest BCUT2D eigenvalue weighted by Crippen LogP contribution is 2.25. The van der Waals surface area contributed by atoms with Crippen molar-refractivity contribution >= 4 is 39.7 Å². The first-order chi connectivity index (χ1) is 10.3. The molecular weight excluding hydrogens is 320 g/mol. The first kappa shape index (κ1) is 17.2. The van der Waals surface area contributed by atoms with Gasteiger partial charge in [0.15, 0.2) is 0 Å². The van der Waals surface area contributed by atoms with Crippen LogP contribution >= 0.6 is 23.7 Å². The first-order valence-corrected chi connectivity index (χ1v) is 8.24. The Morgan fingerprint density at radius 1 is 1.41 bits per heavy atom. The highest BCUT2D eigenvalue weighted by molar-refractivity contribution is 7.17. The van der Waals surface area contributed by atoms with Gasteiger partial charge in [-0.15, -0.1) is 23.7 Å². The highest BCUT2D eigenvalue weighted by atomic mass is 35.5. The van der Waals surface area contributed by atoms with Crippen molar-refractivity contribution in [3.8, 4) is 0 Å². The molecule has 3 rings (SSSR count). The second kappa shape index (κ2) is 8.48. The zero-order valence-electron chi connectivity index (χ0n) is 12.3. The molecule has 1 fully saturated rings. The van der Waals surface area contributed by atoms with Crippen LogP contribution in [0.15, 0.2) is 29.6 Å². The van der Waals surface area contributed by atoms with Crippen molar-refractivity contribution in [2.75, 3.05) is 26.3 Å². The number of nitrogens with one attached hydrogen (secondary N) is 2. The zero-order valence-corrected chi connectivity index (χ0v) is 14.0. The summed E-state index contributed by atoms with van der Waals surface area (Å²) in [6, 6.07) is 8.55. The molecule has 1 unspecified atom stereocenters. The molecule has 0 aliphatic carbocycles. The fraction of sp³-hybridized carbons (Fsp3) is 0.438. The Morgan fingerprint density at radius 2 is 2.27 bits per heavy atom. The van der Waals surface area contributed by atoms with Gasteiger partial charge < -0.3 is 15.4 Å². The molecule has 120 valence electrons. The van der Waals surface area contributed by atoms with E-state index in [-0.39, 0.29) is 24.4 Å². The Kier molecular flexibility index (Phi) is 6.64. The summed E-state index contributed by atoms with van der Waals surface area (Å²) >= 11 is 1.76. The number of morpholine rings is 1. The van der Waals surface area contributed by atoms with Gasteiger partial charge in [0, 0.05) is 30.3 Å². The molecule has 2 aromatic rings. The third-order valence-corrected chi connectivity index (χ3v) is 4.72. The largest absolute Gasteiger partial charge is 0.378 e. The van der Waals surface area contributed by atoms with Gasteiger partial charge in [-0.3, -0.25) is 4.79 Å². The molecule has 1 aliphatic heterocycles. The first-order valence-electron chi connectivity index (χ1n) is 7.36. The summed E-state index contributed by atoms with van der Waals surface area (Å²) in [5.41, 5.74) is 1.31. The number of thiophene rings is 1. The number of ether oxygens (including phenoxy) is 1. The van der Waals surface area contributed by atoms with Gasteiger partial charge in [0.25, 0.3) is 0 Å². The second-order valence-electron chi connectivity index (χ2n) is 5.29. The SMILES string of the molecule is Cl.O=C(CC1COCCN1)NCCc1csc2ccccc12. The Labute approximate surface area is 140 Å². The molecule has 0 spiro atoms. The molecule has 6 heteroatoms. The minimum absolute atomic E-state index is 0. The number of benzene rings is 1. The van der Waals surface area contributed by atoms with Crippen LogP contribution in [0, 0.1) is 0 Å². The van der Waals surface area contributed by atoms with Gasteiger partial charge in [-0.2, -0.15) is 0 Å². The summed E-state index contributed by atoms with van der Waals surface area (Å²) in [5.74, 6) is 0.0949. The van der Waals surface area contributed by atoms with Gasteiger partial charge in [0.2, 0.25) is 5.91 Å². The van der Waals surface area contributed by atoms with Crippen molar-refractivity contribution in [3.05, 3.63) is 35.2 Å². The molecule has 1 saturated heterocycles. The molecule has 2 N–H and O–H groups in total. The highest BCUT2D eigenvalue weighted by Gasteiger charge is 2.16. The third-order valence-electron chi connectivity index (χ3n) is 3.71. The lowest BCUT2D eigenvalue weighted by Crippen LogP contribution is -2.44. The number of hydrogen-bond acceptors (Lipinski definition) is 4. The van der Waals surface area contributed by atoms with Gasteiger partial charge in [-0.1, -0.05) is 18.2 Å². The molecule has 22 heavy (non-hydrogen) atoms. The fourth-order valence-electron chi connectivity index (χ4n) is 2.61. The van der Waals surface area contributed by atoms with Gasteiger partial charge in [0.1, 0.15) is 0 Å². The maximum atomic E-state index is 11.9. The van der Waals surface area contributed by atoms with Crippen LogP contribution in [0.2, 0.25) is 0 Å². The molecule has 1 amide bonds. The number of fused-ring (bicyclic) bond motifs is 1. The van der Waals surface area contributed by atoms with Crippen LogP contribution in [-0.2, 0) is 16.0 Å². The van der Waals surface area contributed by atoms with E-state index in [1.807, 2.05) is 0 Å². The summed E-state index contributed by atoms with van der Waals surface area (Å²) in [4.78, 5) is 11.9. The molecule has 4 nitrogen and oxygen atoms in total. The number of rotatable bonds is 5. The molecule has 2 heterocycles. The molecule has 0 saturated carbocycles. The molecule has 1 aromatic carbocycles. The van der Waals surface area contributed by atoms with E-state index in [4.69, 9.17) is 4.74 Å². The van der Waals surface area contributed by atoms with Gasteiger partial charge in [0.05, 0.1) is 13.2 Å². The van der Waals surface area contributed by atoms with Crippen molar-refractivity contribution in [1.82, 2.24) is 10.6 Å². The Balaban J connectivity index is 0.00000176. The number of amides is 1. The van der Waals surface area contributed by atoms with Crippen LogP contribution in [0.3, 0.4) is 0 Å². The number of halogens is 1. The summed E-state index contributed by atoms with van der Waals surface area (Å²) in [6.07, 6.45) is 1.37. The lowest BCUT2D eigenvalue weighted by molar-refractivity contribution is -0.122. The number of carbonyl (C=O) groups excluding carboxylic acids is 1. The number of hydrogen-bond donors (Lipinski definition) is 2. The van der Waals surface area contributed by atoms with E-state index in [9.17, 15) is 4.79 Å². The number of carbonyl (C=O) groups is 1. The van der Waals surface area contributed by atoms with E-state index >= 15 is 0 Å². The molecule has 0 radical (unpaired) electrons. The van der Waals surface area contributed by atoms with Gasteiger partial charge >= 0.3 is 0 Å². The van der Waals surface area contributed by atoms with Crippen LogP contribution in [0.5, 0.6) is 0 Å². The minimum atomic E-state index is 0. The Bertz CT molecular complexity index is 611. The van der Waals surface area contributed by atoms with Crippen molar-refractivity contribution in [2.24, 2.45) is 0 Å². The van der Waals surface area contributed by atoms with Crippen LogP contribution in [0.25, 0.3) is 10.1 Å². The summed E-state index contributed by atoms with van der Waals surface area (Å²) in [7, 11) is 0. The average molecular weight is 341 g/mol. The zero-order chi connectivity index (χ0) is 14.5. The Hall–Kier alpha value is -1.14. The predicted molar refractivity (Wildman–Crippen MR) is 93.0 cm³/mol. The second-order valence-corrected chi connectivity index (χ2v) is 6.20. The van der Waals surface area contributed by atoms with E-state index in [1.54, 1.807) is 11.3 Å². The minimum Gasteiger partial charge on any atom is -0.378 e. The van der Waals surface area contributed by atoms with E-state index in [0.29, 0.717) is 19.6 Å². The standard InChI is InChI=1S/C16H20N2O2S.ClH/c19-16(9-13-10-20-8-7-17-13)18-6-5-12-11-21-15-4-2-1-3-14(12)15;/h1-4,11,13,17H,5-10H2,(H,18,19);1H. The summed E-state index contributed by atoms with van der Waals surface area (Å²) in [6.45, 7) is 2.89. The molecule has 0 bridgehead atoms. The normalized spacial score (nSPS) is 17.9. The van der Waals surface area contributed by atoms with Crippen molar-refractivity contribution in [2.45, 2.75) is 18.9 Å². The summed E-state index contributed by atoms with van der Waals surface area (Å²) in [5, 5.41) is 9.79. The van der Waals surface area contributed by atoms with Crippen molar-refractivity contribution in [3.63, 3.8) is 0 Å². The Morgan fingerprint density at radius 3 is 3.09 bits per heavy atom. The molecule has 1 aliphatic rings. The summed E-state index contributed by atoms with van der Waals surface area (Å²) < 4.78 is 6.66. The van der Waals surface area contributed by atoms with Crippen LogP contribution in [0.4, 0.5) is 0 Å². The third kappa shape index (κ3) is 4.43. The maximum absolute atomic E-state index is 11.9. The topological polar surface area (TPSA) is 50.4 Å². The predicted octanol–water partition coefficient (Wildman–Crippen LogP) is 2.36. The molecular formula is C16H21ClN2O2S. The quantitative estimate of drug-likeness (QED) is 0.878. The van der Waals surface area contributed by atoms with E-state index in [0.717, 1.165) is 19.6 Å². The van der Waals surface area contributed by atoms with E-state index < -0.39 is 0 Å². The van der Waals surface area contributed by atoms with Gasteiger partial charge in [-0.25, -0.2) is 0 Å². The van der Waals surface area contributed by atoms with Crippen LogP contribution < -0.4 is 10.6 Å². The van der Waals surface area contributed by atoms with Crippen molar-refractivity contribution < 1.29 is 9.53 Å². The van der Waals surface area contributed by atoms with E-state index in [1.165, 1.54) is 15.6 Å². The maximum Gasteiger partial charge on any atom is 0.221 e. The molecule has 1 atom stereocenters. The molecule has 1 aromatic heterocycles. The monoisotopic (exact) mass is 340 g/mol. The van der Waals surface area contributed by atoms with Crippen LogP contribution in [-0.4, -0.2) is 38.3 Å². The average Bonchev–Trinajstić information content (AvgIpc) is 2.92. The smallest absolute Gasteiger partial charge is 0.221 e.